The second kappa shape index (κ2) is 4.61. The molecule has 2 unspecified atom stereocenters. The van der Waals surface area contributed by atoms with Gasteiger partial charge in [0.2, 0.25) is 11.0 Å². The summed E-state index contributed by atoms with van der Waals surface area (Å²) in [6.45, 7) is 3.24. The quantitative estimate of drug-likeness (QED) is 0.743. The Balaban J connectivity index is 2.11. The molecule has 1 aromatic heterocycles. The van der Waals surface area contributed by atoms with Crippen LogP contribution in [0.2, 0.25) is 0 Å². The average molecular weight is 286 g/mol. The first-order valence-electron chi connectivity index (χ1n) is 5.18. The minimum atomic E-state index is -4.47. The molecule has 3 nitrogen and oxygen atoms in total. The van der Waals surface area contributed by atoms with E-state index in [9.17, 15) is 13.2 Å². The molecule has 0 aromatic carbocycles. The van der Waals surface area contributed by atoms with Gasteiger partial charge in [0.15, 0.2) is 0 Å². The lowest BCUT2D eigenvalue weighted by Crippen LogP contribution is -2.40. The number of alkyl halides is 4. The van der Waals surface area contributed by atoms with E-state index in [0.29, 0.717) is 24.1 Å². The molecule has 2 atom stereocenters. The maximum atomic E-state index is 12.3. The number of aromatic nitrogens is 2. The van der Waals surface area contributed by atoms with Crippen molar-refractivity contribution < 1.29 is 13.2 Å². The normalized spacial score (nSPS) is 26.3. The fourth-order valence-corrected chi connectivity index (χ4v) is 2.67. The van der Waals surface area contributed by atoms with Crippen LogP contribution in [0.3, 0.4) is 0 Å². The number of nitrogens with zero attached hydrogens (tertiary/aromatic N) is 3. The Morgan fingerprint density at radius 1 is 1.47 bits per heavy atom. The van der Waals surface area contributed by atoms with Gasteiger partial charge in [-0.25, -0.2) is 0 Å². The van der Waals surface area contributed by atoms with Gasteiger partial charge in [-0.05, 0) is 12.3 Å². The molecule has 0 radical (unpaired) electrons. The SMILES string of the molecule is CC1CCN(c2nc(C(F)(F)F)ns2)CC1Cl. The highest BCUT2D eigenvalue weighted by Crippen LogP contribution is 2.32. The van der Waals surface area contributed by atoms with Gasteiger partial charge in [-0.2, -0.15) is 22.5 Å². The zero-order chi connectivity index (χ0) is 12.6. The van der Waals surface area contributed by atoms with E-state index in [4.69, 9.17) is 11.6 Å². The molecule has 17 heavy (non-hydrogen) atoms. The molecule has 0 amide bonds. The number of anilines is 1. The van der Waals surface area contributed by atoms with Crippen molar-refractivity contribution in [2.24, 2.45) is 5.92 Å². The first-order valence-corrected chi connectivity index (χ1v) is 6.39. The Morgan fingerprint density at radius 2 is 2.18 bits per heavy atom. The van der Waals surface area contributed by atoms with E-state index in [1.165, 1.54) is 0 Å². The van der Waals surface area contributed by atoms with Crippen LogP contribution in [-0.4, -0.2) is 27.8 Å². The molecule has 2 heterocycles. The average Bonchev–Trinajstić information content (AvgIpc) is 2.70. The summed E-state index contributed by atoms with van der Waals surface area (Å²) in [5.41, 5.74) is 0. The molecule has 1 fully saturated rings. The lowest BCUT2D eigenvalue weighted by molar-refractivity contribution is -0.144. The first kappa shape index (κ1) is 12.9. The van der Waals surface area contributed by atoms with Gasteiger partial charge < -0.3 is 4.90 Å². The Morgan fingerprint density at radius 3 is 2.71 bits per heavy atom. The van der Waals surface area contributed by atoms with Crippen LogP contribution in [0, 0.1) is 5.92 Å². The van der Waals surface area contributed by atoms with Gasteiger partial charge in [0.05, 0.1) is 5.38 Å². The van der Waals surface area contributed by atoms with Crippen molar-refractivity contribution in [2.75, 3.05) is 18.0 Å². The van der Waals surface area contributed by atoms with Crippen LogP contribution in [0.25, 0.3) is 0 Å². The summed E-state index contributed by atoms with van der Waals surface area (Å²) in [5.74, 6) is -0.690. The molecule has 2 rings (SSSR count). The Bertz CT molecular complexity index is 395. The molecular weight excluding hydrogens is 275 g/mol. The standard InChI is InChI=1S/C9H11ClF3N3S/c1-5-2-3-16(4-6(5)10)8-14-7(15-17-8)9(11,12)13/h5-6H,2-4H2,1H3. The van der Waals surface area contributed by atoms with E-state index < -0.39 is 12.0 Å². The summed E-state index contributed by atoms with van der Waals surface area (Å²) in [5, 5.41) is 0.247. The molecule has 0 spiro atoms. The topological polar surface area (TPSA) is 29.0 Å². The first-order chi connectivity index (χ1) is 7.88. The van der Waals surface area contributed by atoms with Crippen molar-refractivity contribution in [3.05, 3.63) is 5.82 Å². The van der Waals surface area contributed by atoms with Crippen LogP contribution in [0.15, 0.2) is 0 Å². The van der Waals surface area contributed by atoms with Gasteiger partial charge in [-0.3, -0.25) is 0 Å². The zero-order valence-electron chi connectivity index (χ0n) is 9.04. The van der Waals surface area contributed by atoms with E-state index in [1.807, 2.05) is 6.92 Å². The van der Waals surface area contributed by atoms with E-state index >= 15 is 0 Å². The Kier molecular flexibility index (Phi) is 3.49. The summed E-state index contributed by atoms with van der Waals surface area (Å²) >= 11 is 6.87. The van der Waals surface area contributed by atoms with Crippen molar-refractivity contribution in [1.29, 1.82) is 0 Å². The molecule has 96 valence electrons. The molecule has 1 aliphatic heterocycles. The third-order valence-corrected chi connectivity index (χ3v) is 4.15. The van der Waals surface area contributed by atoms with E-state index in [0.717, 1.165) is 18.0 Å². The van der Waals surface area contributed by atoms with Crippen LogP contribution in [0.5, 0.6) is 0 Å². The molecule has 8 heteroatoms. The number of hydrogen-bond acceptors (Lipinski definition) is 4. The summed E-state index contributed by atoms with van der Waals surface area (Å²) in [7, 11) is 0. The molecule has 1 aliphatic rings. The fourth-order valence-electron chi connectivity index (χ4n) is 1.65. The highest BCUT2D eigenvalue weighted by atomic mass is 35.5. The van der Waals surface area contributed by atoms with Crippen molar-refractivity contribution in [3.63, 3.8) is 0 Å². The minimum Gasteiger partial charge on any atom is -0.345 e. The Labute approximate surface area is 106 Å². The Hall–Kier alpha value is -0.560. The largest absolute Gasteiger partial charge is 0.452 e. The number of hydrogen-bond donors (Lipinski definition) is 0. The van der Waals surface area contributed by atoms with Gasteiger partial charge >= 0.3 is 6.18 Å². The third-order valence-electron chi connectivity index (χ3n) is 2.81. The van der Waals surface area contributed by atoms with Gasteiger partial charge in [0.25, 0.3) is 0 Å². The van der Waals surface area contributed by atoms with Crippen LogP contribution < -0.4 is 4.90 Å². The van der Waals surface area contributed by atoms with Crippen molar-refractivity contribution in [2.45, 2.75) is 24.9 Å². The van der Waals surface area contributed by atoms with Crippen LogP contribution >= 0.6 is 23.1 Å². The maximum Gasteiger partial charge on any atom is 0.452 e. The molecule has 0 bridgehead atoms. The molecular formula is C9H11ClF3N3S. The summed E-state index contributed by atoms with van der Waals surface area (Å²) in [6, 6.07) is 0. The van der Waals surface area contributed by atoms with Gasteiger partial charge in [-0.15, -0.1) is 11.6 Å². The molecule has 1 saturated heterocycles. The third kappa shape index (κ3) is 2.82. The smallest absolute Gasteiger partial charge is 0.345 e. The minimum absolute atomic E-state index is 0.0537. The molecule has 0 N–H and O–H groups in total. The summed E-state index contributed by atoms with van der Waals surface area (Å²) < 4.78 is 40.4. The number of halogens is 4. The van der Waals surface area contributed by atoms with E-state index in [1.54, 1.807) is 4.90 Å². The second-order valence-electron chi connectivity index (χ2n) is 4.13. The maximum absolute atomic E-state index is 12.3. The molecule has 0 aliphatic carbocycles. The zero-order valence-corrected chi connectivity index (χ0v) is 10.6. The van der Waals surface area contributed by atoms with Crippen molar-refractivity contribution in [3.8, 4) is 0 Å². The predicted molar refractivity (Wildman–Crippen MR) is 60.5 cm³/mol. The summed E-state index contributed by atoms with van der Waals surface area (Å²) in [4.78, 5) is 5.28. The van der Waals surface area contributed by atoms with E-state index in [-0.39, 0.29) is 5.38 Å². The van der Waals surface area contributed by atoms with Gasteiger partial charge in [-0.1, -0.05) is 6.92 Å². The van der Waals surface area contributed by atoms with Crippen molar-refractivity contribution >= 4 is 28.3 Å². The van der Waals surface area contributed by atoms with Crippen molar-refractivity contribution in [1.82, 2.24) is 9.36 Å². The second-order valence-corrected chi connectivity index (χ2v) is 5.42. The number of rotatable bonds is 1. The highest BCUT2D eigenvalue weighted by Gasteiger charge is 2.37. The molecule has 1 aromatic rings. The predicted octanol–water partition coefficient (Wildman–Crippen LogP) is 3.01. The van der Waals surface area contributed by atoms with Crippen LogP contribution in [0.4, 0.5) is 18.3 Å². The van der Waals surface area contributed by atoms with E-state index in [2.05, 4.69) is 9.36 Å². The number of piperidine rings is 1. The fraction of sp³-hybridized carbons (Fsp3) is 0.778. The monoisotopic (exact) mass is 285 g/mol. The van der Waals surface area contributed by atoms with Crippen LogP contribution in [0.1, 0.15) is 19.2 Å². The molecule has 0 saturated carbocycles. The lowest BCUT2D eigenvalue weighted by Gasteiger charge is -2.33. The van der Waals surface area contributed by atoms with Crippen LogP contribution in [-0.2, 0) is 6.18 Å². The lowest BCUT2D eigenvalue weighted by atomic mass is 9.99. The van der Waals surface area contributed by atoms with Gasteiger partial charge in [0.1, 0.15) is 0 Å². The highest BCUT2D eigenvalue weighted by molar-refractivity contribution is 7.09. The summed E-state index contributed by atoms with van der Waals surface area (Å²) in [6.07, 6.45) is -3.62. The van der Waals surface area contributed by atoms with Gasteiger partial charge in [0, 0.05) is 24.6 Å².